The summed E-state index contributed by atoms with van der Waals surface area (Å²) in [6.07, 6.45) is -2.10. The SMILES string of the molecule is COC(=O)c1cnn(-c2cccc(C(F)(F)F)n2)c1. The van der Waals surface area contributed by atoms with Crippen LogP contribution in [0.1, 0.15) is 16.1 Å². The highest BCUT2D eigenvalue weighted by Gasteiger charge is 2.32. The number of halogens is 3. The Labute approximate surface area is 105 Å². The molecule has 0 amide bonds. The predicted molar refractivity (Wildman–Crippen MR) is 57.7 cm³/mol. The molecule has 0 aliphatic rings. The molecule has 2 aromatic rings. The molecule has 0 aliphatic carbocycles. The van der Waals surface area contributed by atoms with Gasteiger partial charge in [-0.05, 0) is 12.1 Å². The van der Waals surface area contributed by atoms with Gasteiger partial charge in [0.15, 0.2) is 5.82 Å². The molecular weight excluding hydrogens is 263 g/mol. The molecule has 0 unspecified atom stereocenters. The summed E-state index contributed by atoms with van der Waals surface area (Å²) >= 11 is 0. The summed E-state index contributed by atoms with van der Waals surface area (Å²) in [6.45, 7) is 0. The van der Waals surface area contributed by atoms with Crippen molar-refractivity contribution in [3.63, 3.8) is 0 Å². The van der Waals surface area contributed by atoms with Gasteiger partial charge in [-0.15, -0.1) is 0 Å². The number of carbonyl (C=O) groups excluding carboxylic acids is 1. The van der Waals surface area contributed by atoms with Crippen LogP contribution in [-0.2, 0) is 10.9 Å². The van der Waals surface area contributed by atoms with E-state index >= 15 is 0 Å². The summed E-state index contributed by atoms with van der Waals surface area (Å²) < 4.78 is 43.1. The third kappa shape index (κ3) is 2.72. The first kappa shape index (κ1) is 13.1. The molecule has 2 heterocycles. The average Bonchev–Trinajstić information content (AvgIpc) is 2.86. The highest BCUT2D eigenvalue weighted by atomic mass is 19.4. The number of hydrogen-bond acceptors (Lipinski definition) is 4. The van der Waals surface area contributed by atoms with Gasteiger partial charge in [0.2, 0.25) is 0 Å². The fourth-order valence-electron chi connectivity index (χ4n) is 1.38. The number of esters is 1. The lowest BCUT2D eigenvalue weighted by Gasteiger charge is -2.07. The van der Waals surface area contributed by atoms with Crippen LogP contribution >= 0.6 is 0 Å². The molecule has 0 atom stereocenters. The molecule has 0 saturated carbocycles. The largest absolute Gasteiger partial charge is 0.465 e. The van der Waals surface area contributed by atoms with Crippen LogP contribution in [0, 0.1) is 0 Å². The van der Waals surface area contributed by atoms with Gasteiger partial charge in [0.05, 0.1) is 18.9 Å². The number of carbonyl (C=O) groups is 1. The van der Waals surface area contributed by atoms with Crippen LogP contribution in [0.3, 0.4) is 0 Å². The molecule has 2 rings (SSSR count). The van der Waals surface area contributed by atoms with Gasteiger partial charge >= 0.3 is 12.1 Å². The molecule has 2 aromatic heterocycles. The number of hydrogen-bond donors (Lipinski definition) is 0. The van der Waals surface area contributed by atoms with E-state index in [1.165, 1.54) is 31.6 Å². The monoisotopic (exact) mass is 271 g/mol. The summed E-state index contributed by atoms with van der Waals surface area (Å²) in [7, 11) is 1.20. The Hall–Kier alpha value is -2.38. The first-order valence-electron chi connectivity index (χ1n) is 5.09. The molecule has 0 saturated heterocycles. The van der Waals surface area contributed by atoms with E-state index in [2.05, 4.69) is 14.8 Å². The highest BCUT2D eigenvalue weighted by molar-refractivity contribution is 5.88. The van der Waals surface area contributed by atoms with Crippen molar-refractivity contribution in [2.24, 2.45) is 0 Å². The number of alkyl halides is 3. The van der Waals surface area contributed by atoms with Gasteiger partial charge in [-0.1, -0.05) is 6.07 Å². The predicted octanol–water partition coefficient (Wildman–Crippen LogP) is 2.07. The zero-order chi connectivity index (χ0) is 14.0. The maximum absolute atomic E-state index is 12.5. The van der Waals surface area contributed by atoms with Crippen molar-refractivity contribution in [3.05, 3.63) is 41.9 Å². The van der Waals surface area contributed by atoms with E-state index in [0.29, 0.717) is 0 Å². The van der Waals surface area contributed by atoms with Crippen LogP contribution in [0.15, 0.2) is 30.6 Å². The molecule has 8 heteroatoms. The van der Waals surface area contributed by atoms with Crippen LogP contribution in [0.25, 0.3) is 5.82 Å². The fourth-order valence-corrected chi connectivity index (χ4v) is 1.38. The Kier molecular flexibility index (Phi) is 3.24. The number of ether oxygens (including phenoxy) is 1. The molecule has 0 bridgehead atoms. The molecule has 0 fully saturated rings. The quantitative estimate of drug-likeness (QED) is 0.785. The maximum atomic E-state index is 12.5. The maximum Gasteiger partial charge on any atom is 0.433 e. The van der Waals surface area contributed by atoms with Crippen LogP contribution < -0.4 is 0 Å². The van der Waals surface area contributed by atoms with E-state index in [9.17, 15) is 18.0 Å². The van der Waals surface area contributed by atoms with Crippen LogP contribution in [0.2, 0.25) is 0 Å². The Morgan fingerprint density at radius 3 is 2.74 bits per heavy atom. The van der Waals surface area contributed by atoms with Gasteiger partial charge in [-0.2, -0.15) is 18.3 Å². The second-order valence-electron chi connectivity index (χ2n) is 3.54. The fraction of sp³-hybridized carbons (Fsp3) is 0.182. The summed E-state index contributed by atoms with van der Waals surface area (Å²) in [4.78, 5) is 14.6. The van der Waals surface area contributed by atoms with Crippen LogP contribution in [-0.4, -0.2) is 27.8 Å². The third-order valence-corrected chi connectivity index (χ3v) is 2.26. The van der Waals surface area contributed by atoms with Crippen molar-refractivity contribution in [2.75, 3.05) is 7.11 Å². The van der Waals surface area contributed by atoms with Crippen LogP contribution in [0.4, 0.5) is 13.2 Å². The van der Waals surface area contributed by atoms with Crippen molar-refractivity contribution in [3.8, 4) is 5.82 Å². The summed E-state index contributed by atoms with van der Waals surface area (Å²) in [5.74, 6) is -0.664. The standard InChI is InChI=1S/C11H8F3N3O2/c1-19-10(18)7-5-15-17(6-7)9-4-2-3-8(16-9)11(12,13)14/h2-6H,1H3. The molecule has 0 radical (unpaired) electrons. The second-order valence-corrected chi connectivity index (χ2v) is 3.54. The topological polar surface area (TPSA) is 57.0 Å². The lowest BCUT2D eigenvalue weighted by Crippen LogP contribution is -2.10. The third-order valence-electron chi connectivity index (χ3n) is 2.26. The average molecular weight is 271 g/mol. The Balaban J connectivity index is 2.37. The van der Waals surface area contributed by atoms with Crippen LogP contribution in [0.5, 0.6) is 0 Å². The molecule has 0 aliphatic heterocycles. The Bertz CT molecular complexity index is 607. The molecule has 0 aromatic carbocycles. The summed E-state index contributed by atoms with van der Waals surface area (Å²) in [5.41, 5.74) is -0.901. The second kappa shape index (κ2) is 4.71. The zero-order valence-electron chi connectivity index (χ0n) is 9.68. The number of aromatic nitrogens is 3. The normalized spacial score (nSPS) is 11.4. The summed E-state index contributed by atoms with van der Waals surface area (Å²) in [6, 6.07) is 3.42. The highest BCUT2D eigenvalue weighted by Crippen LogP contribution is 2.27. The van der Waals surface area contributed by atoms with Gasteiger partial charge < -0.3 is 4.74 Å². The van der Waals surface area contributed by atoms with Crippen molar-refractivity contribution in [1.82, 2.24) is 14.8 Å². The minimum atomic E-state index is -4.53. The van der Waals surface area contributed by atoms with Gasteiger partial charge in [-0.3, -0.25) is 0 Å². The lowest BCUT2D eigenvalue weighted by atomic mass is 10.3. The van der Waals surface area contributed by atoms with E-state index < -0.39 is 17.8 Å². The lowest BCUT2D eigenvalue weighted by molar-refractivity contribution is -0.141. The van der Waals surface area contributed by atoms with Crippen molar-refractivity contribution in [2.45, 2.75) is 6.18 Å². The van der Waals surface area contributed by atoms with E-state index in [-0.39, 0.29) is 11.4 Å². The van der Waals surface area contributed by atoms with Gasteiger partial charge in [0, 0.05) is 6.20 Å². The van der Waals surface area contributed by atoms with Gasteiger partial charge in [-0.25, -0.2) is 14.5 Å². The smallest absolute Gasteiger partial charge is 0.433 e. The molecule has 5 nitrogen and oxygen atoms in total. The van der Waals surface area contributed by atoms with Crippen molar-refractivity contribution in [1.29, 1.82) is 0 Å². The van der Waals surface area contributed by atoms with Crippen molar-refractivity contribution < 1.29 is 22.7 Å². The van der Waals surface area contributed by atoms with E-state index in [4.69, 9.17) is 0 Å². The molecule has 100 valence electrons. The van der Waals surface area contributed by atoms with Crippen molar-refractivity contribution >= 4 is 5.97 Å². The number of methoxy groups -OCH3 is 1. The van der Waals surface area contributed by atoms with Gasteiger partial charge in [0.25, 0.3) is 0 Å². The van der Waals surface area contributed by atoms with Gasteiger partial charge in [0.1, 0.15) is 5.69 Å². The Morgan fingerprint density at radius 2 is 2.11 bits per heavy atom. The van der Waals surface area contributed by atoms with E-state index in [1.54, 1.807) is 0 Å². The first-order chi connectivity index (χ1) is 8.91. The molecule has 19 heavy (non-hydrogen) atoms. The minimum absolute atomic E-state index is 0.0371. The number of nitrogens with zero attached hydrogens (tertiary/aromatic N) is 3. The molecule has 0 N–H and O–H groups in total. The molecular formula is C11H8F3N3O2. The Morgan fingerprint density at radius 1 is 1.37 bits per heavy atom. The number of pyridine rings is 1. The molecule has 0 spiro atoms. The summed E-state index contributed by atoms with van der Waals surface area (Å²) in [5, 5.41) is 3.76. The minimum Gasteiger partial charge on any atom is -0.465 e. The van der Waals surface area contributed by atoms with E-state index in [0.717, 1.165) is 10.7 Å². The number of rotatable bonds is 2. The first-order valence-corrected chi connectivity index (χ1v) is 5.09. The zero-order valence-corrected chi connectivity index (χ0v) is 9.68. The van der Waals surface area contributed by atoms with E-state index in [1.807, 2.05) is 0 Å².